The van der Waals surface area contributed by atoms with Gasteiger partial charge in [0, 0.05) is 0 Å². The maximum Gasteiger partial charge on any atom is 0.355 e. The van der Waals surface area contributed by atoms with Gasteiger partial charge in [-0.25, -0.2) is 14.4 Å². The van der Waals surface area contributed by atoms with E-state index in [4.69, 9.17) is 14.6 Å². The van der Waals surface area contributed by atoms with Crippen molar-refractivity contribution in [2.75, 3.05) is 18.5 Å². The van der Waals surface area contributed by atoms with Crippen LogP contribution in [-0.4, -0.2) is 36.2 Å². The molecule has 1 rings (SSSR count). The van der Waals surface area contributed by atoms with Gasteiger partial charge in [-0.05, 0) is 26.0 Å². The summed E-state index contributed by atoms with van der Waals surface area (Å²) in [5, 5.41) is 11.7. The maximum absolute atomic E-state index is 11.9. The highest BCUT2D eigenvalue weighted by atomic mass is 16.5. The van der Waals surface area contributed by atoms with Crippen LogP contribution in [0.25, 0.3) is 0 Å². The molecule has 118 valence electrons. The van der Waals surface area contributed by atoms with Crippen LogP contribution >= 0.6 is 0 Å². The number of benzene rings is 1. The van der Waals surface area contributed by atoms with Gasteiger partial charge >= 0.3 is 17.9 Å². The number of rotatable bonds is 7. The maximum atomic E-state index is 11.9. The van der Waals surface area contributed by atoms with Crippen molar-refractivity contribution in [1.29, 1.82) is 0 Å². The fourth-order valence-electron chi connectivity index (χ4n) is 1.58. The zero-order chi connectivity index (χ0) is 16.5. The molecule has 0 amide bonds. The Balaban J connectivity index is 3.11. The van der Waals surface area contributed by atoms with Crippen molar-refractivity contribution in [3.63, 3.8) is 0 Å². The molecule has 0 radical (unpaired) electrons. The van der Waals surface area contributed by atoms with E-state index < -0.39 is 17.9 Å². The fourth-order valence-corrected chi connectivity index (χ4v) is 1.58. The van der Waals surface area contributed by atoms with Crippen LogP contribution in [0.2, 0.25) is 0 Å². The average molecular weight is 307 g/mol. The number of carboxylic acid groups (broad SMARTS) is 1. The van der Waals surface area contributed by atoms with E-state index in [0.29, 0.717) is 0 Å². The number of carbonyl (C=O) groups excluding carboxylic acids is 2. The molecular formula is C15H17NO6. The first-order chi connectivity index (χ1) is 10.5. The van der Waals surface area contributed by atoms with E-state index >= 15 is 0 Å². The third-order valence-corrected chi connectivity index (χ3v) is 2.47. The minimum absolute atomic E-state index is 0.0402. The normalized spacial score (nSPS) is 10.7. The second-order valence-electron chi connectivity index (χ2n) is 4.01. The van der Waals surface area contributed by atoms with Crippen LogP contribution in [-0.2, 0) is 19.1 Å². The Morgan fingerprint density at radius 2 is 1.77 bits per heavy atom. The summed E-state index contributed by atoms with van der Waals surface area (Å²) in [6, 6.07) is 6.00. The summed E-state index contributed by atoms with van der Waals surface area (Å²) in [4.78, 5) is 34.5. The van der Waals surface area contributed by atoms with Crippen LogP contribution in [0.3, 0.4) is 0 Å². The molecule has 0 fully saturated rings. The van der Waals surface area contributed by atoms with Gasteiger partial charge < -0.3 is 19.9 Å². The highest BCUT2D eigenvalue weighted by molar-refractivity contribution is 6.01. The molecule has 0 aliphatic heterocycles. The summed E-state index contributed by atoms with van der Waals surface area (Å²) in [5.74, 6) is -2.68. The summed E-state index contributed by atoms with van der Waals surface area (Å²) < 4.78 is 9.57. The minimum Gasteiger partial charge on any atom is -0.478 e. The molecule has 0 saturated heterocycles. The number of carboxylic acids is 1. The van der Waals surface area contributed by atoms with Gasteiger partial charge in [0.15, 0.2) is 0 Å². The van der Waals surface area contributed by atoms with E-state index in [1.807, 2.05) is 0 Å². The van der Waals surface area contributed by atoms with Crippen molar-refractivity contribution in [3.05, 3.63) is 41.6 Å². The third kappa shape index (κ3) is 4.93. The molecule has 0 aliphatic rings. The molecule has 0 bridgehead atoms. The fraction of sp³-hybridized carbons (Fsp3) is 0.267. The molecule has 7 nitrogen and oxygen atoms in total. The quantitative estimate of drug-likeness (QED) is 0.585. The van der Waals surface area contributed by atoms with Crippen molar-refractivity contribution in [2.45, 2.75) is 13.8 Å². The van der Waals surface area contributed by atoms with E-state index in [2.05, 4.69) is 5.32 Å². The van der Waals surface area contributed by atoms with Crippen LogP contribution in [0.5, 0.6) is 0 Å². The van der Waals surface area contributed by atoms with Crippen molar-refractivity contribution in [1.82, 2.24) is 0 Å². The summed E-state index contributed by atoms with van der Waals surface area (Å²) in [5.41, 5.74) is -0.0749. The van der Waals surface area contributed by atoms with Crippen LogP contribution in [0.1, 0.15) is 24.2 Å². The molecule has 0 spiro atoms. The van der Waals surface area contributed by atoms with Crippen LogP contribution in [0.4, 0.5) is 5.69 Å². The largest absolute Gasteiger partial charge is 0.478 e. The topological polar surface area (TPSA) is 102 Å². The molecule has 0 aromatic heterocycles. The zero-order valence-corrected chi connectivity index (χ0v) is 12.3. The number of carbonyl (C=O) groups is 3. The zero-order valence-electron chi connectivity index (χ0n) is 12.3. The monoisotopic (exact) mass is 307 g/mol. The van der Waals surface area contributed by atoms with E-state index in [-0.39, 0.29) is 30.2 Å². The number of ether oxygens (including phenoxy) is 2. The van der Waals surface area contributed by atoms with E-state index in [1.165, 1.54) is 12.1 Å². The summed E-state index contributed by atoms with van der Waals surface area (Å²) in [7, 11) is 0. The lowest BCUT2D eigenvalue weighted by Gasteiger charge is -2.12. The molecule has 1 aromatic rings. The summed E-state index contributed by atoms with van der Waals surface area (Å²) in [6.45, 7) is 3.51. The van der Waals surface area contributed by atoms with Gasteiger partial charge in [-0.15, -0.1) is 0 Å². The number of esters is 2. The first kappa shape index (κ1) is 17.2. The van der Waals surface area contributed by atoms with Gasteiger partial charge in [0.25, 0.3) is 0 Å². The lowest BCUT2D eigenvalue weighted by Crippen LogP contribution is -2.18. The van der Waals surface area contributed by atoms with Crippen LogP contribution < -0.4 is 5.32 Å². The van der Waals surface area contributed by atoms with Crippen molar-refractivity contribution in [2.24, 2.45) is 0 Å². The van der Waals surface area contributed by atoms with E-state index in [0.717, 1.165) is 6.08 Å². The molecule has 0 aliphatic carbocycles. The molecule has 1 aromatic carbocycles. The number of aromatic carboxylic acids is 1. The van der Waals surface area contributed by atoms with Gasteiger partial charge in [-0.2, -0.15) is 0 Å². The predicted molar refractivity (Wildman–Crippen MR) is 78.4 cm³/mol. The van der Waals surface area contributed by atoms with Gasteiger partial charge in [0.05, 0.1) is 30.5 Å². The van der Waals surface area contributed by atoms with Gasteiger partial charge in [-0.3, -0.25) is 0 Å². The van der Waals surface area contributed by atoms with E-state index in [1.54, 1.807) is 26.0 Å². The highest BCUT2D eigenvalue weighted by Gasteiger charge is 2.17. The molecule has 2 N–H and O–H groups in total. The first-order valence-electron chi connectivity index (χ1n) is 6.64. The lowest BCUT2D eigenvalue weighted by molar-refractivity contribution is -0.140. The minimum atomic E-state index is -1.16. The van der Waals surface area contributed by atoms with Gasteiger partial charge in [0.2, 0.25) is 0 Å². The Morgan fingerprint density at radius 1 is 1.14 bits per heavy atom. The SMILES string of the molecule is CCOC(=O)/C=C(\Nc1ccccc1C(=O)O)C(=O)OCC. The van der Waals surface area contributed by atoms with Crippen LogP contribution in [0, 0.1) is 0 Å². The molecule has 0 atom stereocenters. The standard InChI is InChI=1S/C15H17NO6/c1-3-21-13(17)9-12(15(20)22-4-2)16-11-8-6-5-7-10(11)14(18)19/h5-9,16H,3-4H2,1-2H3,(H,18,19)/b12-9-. The number of anilines is 1. The lowest BCUT2D eigenvalue weighted by atomic mass is 10.1. The Morgan fingerprint density at radius 3 is 2.36 bits per heavy atom. The van der Waals surface area contributed by atoms with Gasteiger partial charge in [-0.1, -0.05) is 12.1 Å². The number of para-hydroxylation sites is 1. The molecule has 7 heteroatoms. The first-order valence-corrected chi connectivity index (χ1v) is 6.64. The Hall–Kier alpha value is -2.83. The Bertz CT molecular complexity index is 593. The molecular weight excluding hydrogens is 290 g/mol. The van der Waals surface area contributed by atoms with Crippen molar-refractivity contribution in [3.8, 4) is 0 Å². The molecule has 0 unspecified atom stereocenters. The van der Waals surface area contributed by atoms with E-state index in [9.17, 15) is 14.4 Å². The molecule has 0 saturated carbocycles. The number of hydrogen-bond acceptors (Lipinski definition) is 6. The Kier molecular flexibility index (Phi) is 6.62. The second-order valence-corrected chi connectivity index (χ2v) is 4.01. The summed E-state index contributed by atoms with van der Waals surface area (Å²) >= 11 is 0. The molecule has 0 heterocycles. The molecule has 22 heavy (non-hydrogen) atoms. The predicted octanol–water partition coefficient (Wildman–Crippen LogP) is 1.81. The third-order valence-electron chi connectivity index (χ3n) is 2.47. The van der Waals surface area contributed by atoms with Gasteiger partial charge in [0.1, 0.15) is 5.70 Å². The van der Waals surface area contributed by atoms with Crippen LogP contribution in [0.15, 0.2) is 36.0 Å². The highest BCUT2D eigenvalue weighted by Crippen LogP contribution is 2.17. The number of nitrogens with one attached hydrogen (secondary N) is 1. The smallest absolute Gasteiger partial charge is 0.355 e. The summed E-state index contributed by atoms with van der Waals surface area (Å²) in [6.07, 6.45) is 0.931. The Labute approximate surface area is 127 Å². The second kappa shape index (κ2) is 8.46. The number of hydrogen-bond donors (Lipinski definition) is 2. The van der Waals surface area contributed by atoms with Crippen molar-refractivity contribution < 1.29 is 29.0 Å². The van der Waals surface area contributed by atoms with Crippen molar-refractivity contribution >= 4 is 23.6 Å². The average Bonchev–Trinajstić information content (AvgIpc) is 2.47.